The monoisotopic (exact) mass is 590 g/mol. The molecule has 2 aromatic heterocycles. The predicted molar refractivity (Wildman–Crippen MR) is 172 cm³/mol. The van der Waals surface area contributed by atoms with Gasteiger partial charge < -0.3 is 14.2 Å². The molecule has 0 radical (unpaired) electrons. The topological polar surface area (TPSA) is 82.5 Å². The summed E-state index contributed by atoms with van der Waals surface area (Å²) in [6, 6.07) is 21.4. The van der Waals surface area contributed by atoms with Gasteiger partial charge in [-0.05, 0) is 48.7 Å². The third-order valence-electron chi connectivity index (χ3n) is 8.32. The summed E-state index contributed by atoms with van der Waals surface area (Å²) in [4.78, 5) is 30.6. The molecule has 1 aliphatic rings. The van der Waals surface area contributed by atoms with E-state index in [-0.39, 0.29) is 23.4 Å². The number of hydrogen-bond donors (Lipinski definition) is 0. The van der Waals surface area contributed by atoms with E-state index in [1.54, 1.807) is 15.7 Å². The minimum atomic E-state index is -0.403. The van der Waals surface area contributed by atoms with Crippen molar-refractivity contribution in [3.05, 3.63) is 106 Å². The predicted octanol–water partition coefficient (Wildman–Crippen LogP) is 7.28. The Hall–Kier alpha value is -4.80. The van der Waals surface area contributed by atoms with Gasteiger partial charge in [-0.15, -0.1) is 0 Å². The maximum Gasteiger partial charge on any atom is 0.275 e. The number of para-hydroxylation sites is 2. The Morgan fingerprint density at radius 2 is 1.84 bits per heavy atom. The van der Waals surface area contributed by atoms with Crippen molar-refractivity contribution in [1.82, 2.24) is 9.47 Å². The second-order valence-electron chi connectivity index (χ2n) is 11.2. The number of nitriles is 1. The average Bonchev–Trinajstić information content (AvgIpc) is 3.44. The molecule has 0 aliphatic carbocycles. The van der Waals surface area contributed by atoms with Crippen LogP contribution in [-0.2, 0) is 4.79 Å². The first-order valence-electron chi connectivity index (χ1n) is 14.3. The van der Waals surface area contributed by atoms with E-state index in [2.05, 4.69) is 31.4 Å². The fourth-order valence-electron chi connectivity index (χ4n) is 6.22. The SMILES string of the molecule is C=CC(=O)N1CCN(c2c(C#N)c(=O)n(-c3ccccc3C(C)C)c3cc(-c4coc5ccccc45)c(Cl)cc23)[C@@H](C)C1. The Bertz CT molecular complexity index is 2020. The largest absolute Gasteiger partial charge is 0.464 e. The lowest BCUT2D eigenvalue weighted by Crippen LogP contribution is -2.54. The van der Waals surface area contributed by atoms with E-state index in [9.17, 15) is 14.9 Å². The molecule has 8 heteroatoms. The Labute approximate surface area is 254 Å². The molecule has 1 fully saturated rings. The molecule has 7 nitrogen and oxygen atoms in total. The molecule has 1 amide bonds. The van der Waals surface area contributed by atoms with Crippen LogP contribution in [0.25, 0.3) is 38.7 Å². The molecule has 1 saturated heterocycles. The van der Waals surface area contributed by atoms with Crippen LogP contribution in [0.5, 0.6) is 0 Å². The number of amides is 1. The fraction of sp³-hybridized carbons (Fsp3) is 0.229. The Morgan fingerprint density at radius 1 is 1.09 bits per heavy atom. The fourth-order valence-corrected chi connectivity index (χ4v) is 6.49. The number of benzene rings is 3. The number of halogens is 1. The van der Waals surface area contributed by atoms with Gasteiger partial charge in [0.2, 0.25) is 5.91 Å². The summed E-state index contributed by atoms with van der Waals surface area (Å²) in [6.07, 6.45) is 3.00. The van der Waals surface area contributed by atoms with Gasteiger partial charge in [-0.1, -0.05) is 68.4 Å². The highest BCUT2D eigenvalue weighted by Crippen LogP contribution is 2.41. The third kappa shape index (κ3) is 4.68. The quantitative estimate of drug-likeness (QED) is 0.201. The average molecular weight is 591 g/mol. The highest BCUT2D eigenvalue weighted by atomic mass is 35.5. The van der Waals surface area contributed by atoms with Crippen molar-refractivity contribution in [3.8, 4) is 22.9 Å². The van der Waals surface area contributed by atoms with Gasteiger partial charge in [0.15, 0.2) is 0 Å². The van der Waals surface area contributed by atoms with Crippen LogP contribution in [0.15, 0.2) is 88.8 Å². The van der Waals surface area contributed by atoms with Crippen molar-refractivity contribution in [1.29, 1.82) is 5.26 Å². The molecule has 0 bridgehead atoms. The lowest BCUT2D eigenvalue weighted by Gasteiger charge is -2.41. The Kier molecular flexibility index (Phi) is 7.33. The number of rotatable bonds is 5. The van der Waals surface area contributed by atoms with Gasteiger partial charge in [-0.3, -0.25) is 14.2 Å². The Morgan fingerprint density at radius 3 is 2.56 bits per heavy atom. The number of anilines is 1. The zero-order valence-corrected chi connectivity index (χ0v) is 25.1. The lowest BCUT2D eigenvalue weighted by molar-refractivity contribution is -0.126. The number of carbonyl (C=O) groups excluding carboxylic acids is 1. The zero-order valence-electron chi connectivity index (χ0n) is 24.3. The molecule has 6 rings (SSSR count). The summed E-state index contributed by atoms with van der Waals surface area (Å²) in [5.74, 6) is -0.0129. The normalized spacial score (nSPS) is 15.3. The summed E-state index contributed by atoms with van der Waals surface area (Å²) < 4.78 is 7.50. The van der Waals surface area contributed by atoms with E-state index >= 15 is 0 Å². The van der Waals surface area contributed by atoms with E-state index in [0.717, 1.165) is 33.3 Å². The smallest absolute Gasteiger partial charge is 0.275 e. The highest BCUT2D eigenvalue weighted by molar-refractivity contribution is 6.35. The summed E-state index contributed by atoms with van der Waals surface area (Å²) in [7, 11) is 0. The Balaban J connectivity index is 1.69. The maximum atomic E-state index is 14.5. The molecule has 5 aromatic rings. The molecule has 0 saturated carbocycles. The van der Waals surface area contributed by atoms with Gasteiger partial charge >= 0.3 is 0 Å². The van der Waals surface area contributed by atoms with Crippen LogP contribution in [0.2, 0.25) is 5.02 Å². The second-order valence-corrected chi connectivity index (χ2v) is 11.6. The number of pyridine rings is 1. The number of nitrogens with zero attached hydrogens (tertiary/aromatic N) is 4. The first kappa shape index (κ1) is 28.3. The minimum Gasteiger partial charge on any atom is -0.464 e. The van der Waals surface area contributed by atoms with Gasteiger partial charge in [0.05, 0.1) is 23.2 Å². The van der Waals surface area contributed by atoms with E-state index in [1.807, 2.05) is 67.6 Å². The molecule has 0 spiro atoms. The second kappa shape index (κ2) is 11.1. The van der Waals surface area contributed by atoms with Gasteiger partial charge in [0, 0.05) is 52.6 Å². The van der Waals surface area contributed by atoms with Crippen molar-refractivity contribution in [2.45, 2.75) is 32.7 Å². The summed E-state index contributed by atoms with van der Waals surface area (Å²) in [6.45, 7) is 11.1. The van der Waals surface area contributed by atoms with Crippen LogP contribution in [-0.4, -0.2) is 41.1 Å². The first-order valence-corrected chi connectivity index (χ1v) is 14.7. The number of piperazine rings is 1. The molecule has 0 unspecified atom stereocenters. The van der Waals surface area contributed by atoms with Gasteiger partial charge in [0.25, 0.3) is 5.56 Å². The van der Waals surface area contributed by atoms with Crippen molar-refractivity contribution < 1.29 is 9.21 Å². The van der Waals surface area contributed by atoms with Gasteiger partial charge in [-0.25, -0.2) is 0 Å². The summed E-state index contributed by atoms with van der Waals surface area (Å²) in [5, 5.41) is 12.5. The number of furan rings is 1. The van der Waals surface area contributed by atoms with E-state index in [4.69, 9.17) is 16.0 Å². The van der Waals surface area contributed by atoms with Gasteiger partial charge in [-0.2, -0.15) is 5.26 Å². The summed E-state index contributed by atoms with van der Waals surface area (Å²) >= 11 is 7.05. The van der Waals surface area contributed by atoms with E-state index in [0.29, 0.717) is 41.2 Å². The van der Waals surface area contributed by atoms with Crippen LogP contribution < -0.4 is 10.5 Å². The molecule has 0 N–H and O–H groups in total. The number of hydrogen-bond acceptors (Lipinski definition) is 5. The highest BCUT2D eigenvalue weighted by Gasteiger charge is 2.31. The molecule has 3 heterocycles. The maximum absolute atomic E-state index is 14.5. The van der Waals surface area contributed by atoms with E-state index < -0.39 is 5.56 Å². The third-order valence-corrected chi connectivity index (χ3v) is 8.63. The number of carbonyl (C=O) groups is 1. The first-order chi connectivity index (χ1) is 20.7. The zero-order chi connectivity index (χ0) is 30.4. The lowest BCUT2D eigenvalue weighted by atomic mass is 9.97. The number of aromatic nitrogens is 1. The van der Waals surface area contributed by atoms with Crippen LogP contribution >= 0.6 is 11.6 Å². The van der Waals surface area contributed by atoms with Crippen LogP contribution in [0, 0.1) is 11.3 Å². The van der Waals surface area contributed by atoms with Gasteiger partial charge in [0.1, 0.15) is 17.2 Å². The van der Waals surface area contributed by atoms with E-state index in [1.165, 1.54) is 6.08 Å². The van der Waals surface area contributed by atoms with Crippen molar-refractivity contribution >= 4 is 45.1 Å². The molecule has 1 atom stereocenters. The molecule has 216 valence electrons. The molecule has 3 aromatic carbocycles. The molecular weight excluding hydrogens is 560 g/mol. The number of fused-ring (bicyclic) bond motifs is 2. The van der Waals surface area contributed by atoms with Crippen LogP contribution in [0.4, 0.5) is 5.69 Å². The molecule has 1 aliphatic heterocycles. The van der Waals surface area contributed by atoms with Crippen molar-refractivity contribution in [2.75, 3.05) is 24.5 Å². The van der Waals surface area contributed by atoms with Crippen molar-refractivity contribution in [2.24, 2.45) is 0 Å². The standard InChI is InChI=1S/C35H31ClN4O3/c1-5-33(41)38-14-15-39(22(4)19-38)34-26-16-29(36)25(28-20-43-32-13-9-7-11-24(28)32)17-31(26)40(35(42)27(34)18-37)30-12-8-6-10-23(30)21(2)3/h5-13,16-17,20-22H,1,14-15,19H2,2-4H3/t22-/m0/s1. The molecule has 43 heavy (non-hydrogen) atoms. The molecular formula is C35H31ClN4O3. The van der Waals surface area contributed by atoms with Crippen molar-refractivity contribution in [3.63, 3.8) is 0 Å². The van der Waals surface area contributed by atoms with Crippen LogP contribution in [0.3, 0.4) is 0 Å². The summed E-state index contributed by atoms with van der Waals surface area (Å²) in [5.41, 5.74) is 4.77. The van der Waals surface area contributed by atoms with Crippen LogP contribution in [0.1, 0.15) is 37.8 Å². The minimum absolute atomic E-state index is 0.0407.